The van der Waals surface area contributed by atoms with Crippen LogP contribution >= 0.6 is 15.9 Å². The van der Waals surface area contributed by atoms with E-state index in [9.17, 15) is 0 Å². The van der Waals surface area contributed by atoms with E-state index in [1.807, 2.05) is 32.9 Å². The number of benzene rings is 1. The van der Waals surface area contributed by atoms with Gasteiger partial charge in [0.25, 0.3) is 0 Å². The highest BCUT2D eigenvalue weighted by molar-refractivity contribution is 9.10. The molecule has 2 N–H and O–H groups in total. The van der Waals surface area contributed by atoms with Crippen molar-refractivity contribution in [3.8, 4) is 0 Å². The van der Waals surface area contributed by atoms with Gasteiger partial charge in [-0.3, -0.25) is 0 Å². The third kappa shape index (κ3) is 5.64. The largest absolute Gasteiger partial charge is 0.374 e. The van der Waals surface area contributed by atoms with Crippen LogP contribution in [-0.2, 0) is 11.2 Å². The van der Waals surface area contributed by atoms with Crippen molar-refractivity contribution in [2.75, 3.05) is 6.61 Å². The summed E-state index contributed by atoms with van der Waals surface area (Å²) in [6.45, 7) is 6.72. The van der Waals surface area contributed by atoms with Gasteiger partial charge in [0.05, 0.1) is 12.2 Å². The number of rotatable bonds is 4. The lowest BCUT2D eigenvalue weighted by molar-refractivity contribution is -0.00983. The number of halogens is 1. The fraction of sp³-hybridized carbons (Fsp3) is 0.538. The van der Waals surface area contributed by atoms with Gasteiger partial charge in [0.15, 0.2) is 0 Å². The Morgan fingerprint density at radius 1 is 1.25 bits per heavy atom. The van der Waals surface area contributed by atoms with E-state index in [4.69, 9.17) is 10.5 Å². The zero-order chi connectivity index (χ0) is 12.2. The quantitative estimate of drug-likeness (QED) is 0.923. The van der Waals surface area contributed by atoms with Gasteiger partial charge in [-0.25, -0.2) is 0 Å². The summed E-state index contributed by atoms with van der Waals surface area (Å²) < 4.78 is 6.75. The minimum absolute atomic E-state index is 0.0559. The zero-order valence-corrected chi connectivity index (χ0v) is 11.8. The second-order valence-corrected chi connectivity index (χ2v) is 5.93. The predicted molar refractivity (Wildman–Crippen MR) is 71.5 cm³/mol. The lowest BCUT2D eigenvalue weighted by Gasteiger charge is -2.22. The van der Waals surface area contributed by atoms with E-state index in [-0.39, 0.29) is 11.6 Å². The van der Waals surface area contributed by atoms with Gasteiger partial charge in [0.1, 0.15) is 0 Å². The summed E-state index contributed by atoms with van der Waals surface area (Å²) >= 11 is 3.41. The number of hydrogen-bond acceptors (Lipinski definition) is 2. The Kier molecular flexibility index (Phi) is 4.96. The van der Waals surface area contributed by atoms with Gasteiger partial charge in [0, 0.05) is 10.5 Å². The molecule has 0 aromatic heterocycles. The number of nitrogens with two attached hydrogens (primary N) is 1. The van der Waals surface area contributed by atoms with E-state index in [1.165, 1.54) is 5.56 Å². The third-order valence-electron chi connectivity index (χ3n) is 2.14. The van der Waals surface area contributed by atoms with Crippen LogP contribution in [0.5, 0.6) is 0 Å². The van der Waals surface area contributed by atoms with Gasteiger partial charge in [-0.05, 0) is 44.9 Å². The molecule has 1 atom stereocenters. The van der Waals surface area contributed by atoms with Crippen LogP contribution in [0.4, 0.5) is 0 Å². The fourth-order valence-corrected chi connectivity index (χ4v) is 1.60. The first-order valence-electron chi connectivity index (χ1n) is 5.51. The van der Waals surface area contributed by atoms with Crippen molar-refractivity contribution in [3.63, 3.8) is 0 Å². The second-order valence-electron chi connectivity index (χ2n) is 5.01. The van der Waals surface area contributed by atoms with Crippen LogP contribution in [0.25, 0.3) is 0 Å². The average molecular weight is 286 g/mol. The van der Waals surface area contributed by atoms with E-state index in [0.717, 1.165) is 10.9 Å². The maximum absolute atomic E-state index is 6.01. The van der Waals surface area contributed by atoms with Crippen LogP contribution in [0, 0.1) is 0 Å². The Bertz CT molecular complexity index is 316. The molecular formula is C13H20BrNO. The maximum atomic E-state index is 6.01. The molecule has 1 rings (SSSR count). The van der Waals surface area contributed by atoms with Crippen LogP contribution in [-0.4, -0.2) is 18.2 Å². The van der Waals surface area contributed by atoms with Gasteiger partial charge in [-0.15, -0.1) is 0 Å². The summed E-state index contributed by atoms with van der Waals surface area (Å²) in [6, 6.07) is 8.29. The average Bonchev–Trinajstić information content (AvgIpc) is 2.18. The van der Waals surface area contributed by atoms with Crippen molar-refractivity contribution in [1.29, 1.82) is 0 Å². The standard InChI is InChI=1S/C13H20BrNO/c1-13(2,3)16-9-12(15)8-10-4-6-11(14)7-5-10/h4-7,12H,8-9,15H2,1-3H3. The molecule has 1 aromatic rings. The normalized spacial score (nSPS) is 13.8. The van der Waals surface area contributed by atoms with Gasteiger partial charge in [-0.1, -0.05) is 28.1 Å². The SMILES string of the molecule is CC(C)(C)OCC(N)Cc1ccc(Br)cc1. The summed E-state index contributed by atoms with van der Waals surface area (Å²) in [5.41, 5.74) is 7.14. The highest BCUT2D eigenvalue weighted by Crippen LogP contribution is 2.12. The highest BCUT2D eigenvalue weighted by Gasteiger charge is 2.13. The van der Waals surface area contributed by atoms with E-state index in [1.54, 1.807) is 0 Å². The van der Waals surface area contributed by atoms with E-state index >= 15 is 0 Å². The van der Waals surface area contributed by atoms with Crippen LogP contribution in [0.15, 0.2) is 28.7 Å². The van der Waals surface area contributed by atoms with Crippen LogP contribution in [0.3, 0.4) is 0 Å². The Labute approximate surface area is 106 Å². The topological polar surface area (TPSA) is 35.2 Å². The summed E-state index contributed by atoms with van der Waals surface area (Å²) in [5, 5.41) is 0. The van der Waals surface area contributed by atoms with Crippen molar-refractivity contribution in [2.45, 2.75) is 38.8 Å². The Hall–Kier alpha value is -0.380. The maximum Gasteiger partial charge on any atom is 0.0627 e. The van der Waals surface area contributed by atoms with Crippen LogP contribution < -0.4 is 5.73 Å². The van der Waals surface area contributed by atoms with Crippen molar-refractivity contribution in [3.05, 3.63) is 34.3 Å². The second kappa shape index (κ2) is 5.80. The molecule has 3 heteroatoms. The third-order valence-corrected chi connectivity index (χ3v) is 2.67. The Morgan fingerprint density at radius 2 is 1.81 bits per heavy atom. The molecular weight excluding hydrogens is 266 g/mol. The molecule has 0 spiro atoms. The first-order chi connectivity index (χ1) is 7.37. The molecule has 0 aliphatic carbocycles. The number of hydrogen-bond donors (Lipinski definition) is 1. The fourth-order valence-electron chi connectivity index (χ4n) is 1.34. The minimum Gasteiger partial charge on any atom is -0.374 e. The first-order valence-corrected chi connectivity index (χ1v) is 6.30. The molecule has 0 radical (unpaired) electrons. The van der Waals surface area contributed by atoms with Gasteiger partial charge in [0.2, 0.25) is 0 Å². The molecule has 16 heavy (non-hydrogen) atoms. The van der Waals surface area contributed by atoms with Crippen molar-refractivity contribution >= 4 is 15.9 Å². The summed E-state index contributed by atoms with van der Waals surface area (Å²) in [6.07, 6.45) is 0.851. The summed E-state index contributed by atoms with van der Waals surface area (Å²) in [5.74, 6) is 0. The molecule has 1 unspecified atom stereocenters. The predicted octanol–water partition coefficient (Wildman–Crippen LogP) is 3.13. The zero-order valence-electron chi connectivity index (χ0n) is 10.2. The number of ether oxygens (including phenoxy) is 1. The van der Waals surface area contributed by atoms with E-state index in [0.29, 0.717) is 6.61 Å². The van der Waals surface area contributed by atoms with Gasteiger partial charge in [-0.2, -0.15) is 0 Å². The molecule has 0 saturated heterocycles. The lowest BCUT2D eigenvalue weighted by Crippen LogP contribution is -2.33. The molecule has 1 aromatic carbocycles. The molecule has 90 valence electrons. The molecule has 0 amide bonds. The molecule has 0 fully saturated rings. The van der Waals surface area contributed by atoms with E-state index < -0.39 is 0 Å². The van der Waals surface area contributed by atoms with Crippen LogP contribution in [0.1, 0.15) is 26.3 Å². The van der Waals surface area contributed by atoms with Crippen LogP contribution in [0.2, 0.25) is 0 Å². The molecule has 0 heterocycles. The highest BCUT2D eigenvalue weighted by atomic mass is 79.9. The van der Waals surface area contributed by atoms with Crippen molar-refractivity contribution in [2.24, 2.45) is 5.73 Å². The monoisotopic (exact) mass is 285 g/mol. The van der Waals surface area contributed by atoms with Gasteiger partial charge < -0.3 is 10.5 Å². The minimum atomic E-state index is -0.114. The summed E-state index contributed by atoms with van der Waals surface area (Å²) in [4.78, 5) is 0. The molecule has 2 nitrogen and oxygen atoms in total. The summed E-state index contributed by atoms with van der Waals surface area (Å²) in [7, 11) is 0. The molecule has 0 aliphatic heterocycles. The first kappa shape index (κ1) is 13.7. The molecule has 0 bridgehead atoms. The van der Waals surface area contributed by atoms with E-state index in [2.05, 4.69) is 28.1 Å². The Morgan fingerprint density at radius 3 is 2.31 bits per heavy atom. The lowest BCUT2D eigenvalue weighted by atomic mass is 10.1. The van der Waals surface area contributed by atoms with Crippen molar-refractivity contribution in [1.82, 2.24) is 0 Å². The van der Waals surface area contributed by atoms with Crippen molar-refractivity contribution < 1.29 is 4.74 Å². The molecule has 0 saturated carbocycles. The smallest absolute Gasteiger partial charge is 0.0627 e. The Balaban J connectivity index is 2.39. The molecule has 0 aliphatic rings. The van der Waals surface area contributed by atoms with Gasteiger partial charge >= 0.3 is 0 Å².